The highest BCUT2D eigenvalue weighted by atomic mass is 16.5. The maximum atomic E-state index is 9.96. The molecule has 0 aliphatic heterocycles. The average molecular weight is 210 g/mol. The minimum atomic E-state index is -0.861. The maximum Gasteiger partial charge on any atom is 0.119 e. The Kier molecular flexibility index (Phi) is 3.72. The van der Waals surface area contributed by atoms with Crippen molar-refractivity contribution in [3.05, 3.63) is 29.3 Å². The van der Waals surface area contributed by atoms with Crippen molar-refractivity contribution in [1.29, 1.82) is 0 Å². The smallest absolute Gasteiger partial charge is 0.119 e. The van der Waals surface area contributed by atoms with Crippen molar-refractivity contribution in [2.45, 2.75) is 26.1 Å². The summed E-state index contributed by atoms with van der Waals surface area (Å²) in [6.45, 7) is 3.98. The molecule has 0 amide bonds. The molecule has 0 atom stereocenters. The van der Waals surface area contributed by atoms with Crippen LogP contribution in [0.3, 0.4) is 0 Å². The molecule has 1 aromatic rings. The minimum absolute atomic E-state index is 0.469. The van der Waals surface area contributed by atoms with Gasteiger partial charge in [-0.15, -0.1) is 0 Å². The summed E-state index contributed by atoms with van der Waals surface area (Å²) in [6.07, 6.45) is 0. The summed E-state index contributed by atoms with van der Waals surface area (Å²) in [7, 11) is 3.25. The largest absolute Gasteiger partial charge is 0.497 e. The zero-order valence-electron chi connectivity index (χ0n) is 9.70. The van der Waals surface area contributed by atoms with Crippen molar-refractivity contribution in [2.24, 2.45) is 0 Å². The summed E-state index contributed by atoms with van der Waals surface area (Å²) in [4.78, 5) is 0. The predicted octanol–water partition coefficient (Wildman–Crippen LogP) is 2.07. The van der Waals surface area contributed by atoms with E-state index in [2.05, 4.69) is 0 Å². The molecule has 0 fully saturated rings. The van der Waals surface area contributed by atoms with Crippen LogP contribution in [0.5, 0.6) is 5.75 Å². The van der Waals surface area contributed by atoms with Gasteiger partial charge in [0.2, 0.25) is 0 Å². The SMILES string of the molecule is COCc1cc(OC)ccc1C(C)(C)O. The van der Waals surface area contributed by atoms with E-state index in [1.807, 2.05) is 18.2 Å². The summed E-state index contributed by atoms with van der Waals surface area (Å²) < 4.78 is 10.2. The van der Waals surface area contributed by atoms with Crippen LogP contribution >= 0.6 is 0 Å². The second-order valence-electron chi connectivity index (χ2n) is 4.02. The Balaban J connectivity index is 3.15. The molecule has 1 rings (SSSR count). The maximum absolute atomic E-state index is 9.96. The van der Waals surface area contributed by atoms with Gasteiger partial charge in [-0.1, -0.05) is 6.07 Å². The average Bonchev–Trinajstić information content (AvgIpc) is 2.16. The van der Waals surface area contributed by atoms with Gasteiger partial charge in [0.05, 0.1) is 19.3 Å². The lowest BCUT2D eigenvalue weighted by atomic mass is 9.93. The van der Waals surface area contributed by atoms with E-state index in [9.17, 15) is 5.11 Å². The van der Waals surface area contributed by atoms with Gasteiger partial charge >= 0.3 is 0 Å². The minimum Gasteiger partial charge on any atom is -0.497 e. The second kappa shape index (κ2) is 4.64. The molecule has 84 valence electrons. The van der Waals surface area contributed by atoms with Gasteiger partial charge in [-0.3, -0.25) is 0 Å². The van der Waals surface area contributed by atoms with E-state index >= 15 is 0 Å². The van der Waals surface area contributed by atoms with Gasteiger partial charge in [-0.25, -0.2) is 0 Å². The Bertz CT molecular complexity index is 326. The number of methoxy groups -OCH3 is 2. The van der Waals surface area contributed by atoms with E-state index in [1.165, 1.54) is 0 Å². The van der Waals surface area contributed by atoms with Crippen LogP contribution < -0.4 is 4.74 Å². The molecule has 15 heavy (non-hydrogen) atoms. The van der Waals surface area contributed by atoms with Gasteiger partial charge < -0.3 is 14.6 Å². The van der Waals surface area contributed by atoms with E-state index in [-0.39, 0.29) is 0 Å². The van der Waals surface area contributed by atoms with Crippen LogP contribution in [-0.2, 0) is 16.9 Å². The van der Waals surface area contributed by atoms with Crippen molar-refractivity contribution in [1.82, 2.24) is 0 Å². The van der Waals surface area contributed by atoms with Crippen molar-refractivity contribution in [2.75, 3.05) is 14.2 Å². The van der Waals surface area contributed by atoms with E-state index < -0.39 is 5.60 Å². The molecule has 0 saturated carbocycles. The Labute approximate surface area is 90.6 Å². The number of hydrogen-bond acceptors (Lipinski definition) is 3. The Morgan fingerprint density at radius 2 is 1.93 bits per heavy atom. The molecule has 0 aliphatic rings. The first-order chi connectivity index (χ1) is 6.99. The zero-order chi connectivity index (χ0) is 11.5. The molecule has 0 bridgehead atoms. The molecule has 0 radical (unpaired) electrons. The highest BCUT2D eigenvalue weighted by molar-refractivity contribution is 5.38. The van der Waals surface area contributed by atoms with Crippen LogP contribution in [0.15, 0.2) is 18.2 Å². The fourth-order valence-electron chi connectivity index (χ4n) is 1.57. The zero-order valence-corrected chi connectivity index (χ0v) is 9.70. The summed E-state index contributed by atoms with van der Waals surface area (Å²) in [5.41, 5.74) is 0.953. The molecule has 0 aromatic heterocycles. The summed E-state index contributed by atoms with van der Waals surface area (Å²) in [5.74, 6) is 0.773. The van der Waals surface area contributed by atoms with E-state index in [4.69, 9.17) is 9.47 Å². The first-order valence-corrected chi connectivity index (χ1v) is 4.87. The fourth-order valence-corrected chi connectivity index (χ4v) is 1.57. The molecule has 0 saturated heterocycles. The first kappa shape index (κ1) is 12.0. The summed E-state index contributed by atoms with van der Waals surface area (Å²) in [6, 6.07) is 5.59. The Hall–Kier alpha value is -1.06. The van der Waals surface area contributed by atoms with Gasteiger partial charge in [0.1, 0.15) is 5.75 Å². The monoisotopic (exact) mass is 210 g/mol. The number of rotatable bonds is 4. The lowest BCUT2D eigenvalue weighted by Gasteiger charge is -2.22. The molecule has 0 aliphatic carbocycles. The van der Waals surface area contributed by atoms with Gasteiger partial charge in [0.15, 0.2) is 0 Å². The number of ether oxygens (including phenoxy) is 2. The third kappa shape index (κ3) is 2.94. The predicted molar refractivity (Wildman–Crippen MR) is 59.0 cm³/mol. The Morgan fingerprint density at radius 1 is 1.27 bits per heavy atom. The van der Waals surface area contributed by atoms with Crippen LogP contribution in [0.25, 0.3) is 0 Å². The molecule has 3 heteroatoms. The van der Waals surface area contributed by atoms with Crippen LogP contribution in [0.4, 0.5) is 0 Å². The molecule has 3 nitrogen and oxygen atoms in total. The first-order valence-electron chi connectivity index (χ1n) is 4.87. The van der Waals surface area contributed by atoms with Crippen LogP contribution in [-0.4, -0.2) is 19.3 Å². The molecule has 1 N–H and O–H groups in total. The van der Waals surface area contributed by atoms with Crippen LogP contribution in [0.2, 0.25) is 0 Å². The number of aliphatic hydroxyl groups is 1. The molecular formula is C12H18O3. The van der Waals surface area contributed by atoms with Crippen molar-refractivity contribution in [3.8, 4) is 5.75 Å². The number of hydrogen-bond donors (Lipinski definition) is 1. The van der Waals surface area contributed by atoms with Crippen molar-refractivity contribution in [3.63, 3.8) is 0 Å². The molecule has 0 unspecified atom stereocenters. The summed E-state index contributed by atoms with van der Waals surface area (Å²) in [5, 5.41) is 9.96. The van der Waals surface area contributed by atoms with Gasteiger partial charge in [-0.2, -0.15) is 0 Å². The summed E-state index contributed by atoms with van der Waals surface area (Å²) >= 11 is 0. The quantitative estimate of drug-likeness (QED) is 0.826. The van der Waals surface area contributed by atoms with Crippen molar-refractivity contribution < 1.29 is 14.6 Å². The highest BCUT2D eigenvalue weighted by Crippen LogP contribution is 2.27. The van der Waals surface area contributed by atoms with Gasteiger partial charge in [0, 0.05) is 7.11 Å². The lowest BCUT2D eigenvalue weighted by Crippen LogP contribution is -2.18. The van der Waals surface area contributed by atoms with Crippen LogP contribution in [0.1, 0.15) is 25.0 Å². The highest BCUT2D eigenvalue weighted by Gasteiger charge is 2.20. The van der Waals surface area contributed by atoms with E-state index in [1.54, 1.807) is 28.1 Å². The second-order valence-corrected chi connectivity index (χ2v) is 4.02. The third-order valence-electron chi connectivity index (χ3n) is 2.27. The van der Waals surface area contributed by atoms with Crippen molar-refractivity contribution >= 4 is 0 Å². The van der Waals surface area contributed by atoms with E-state index in [0.29, 0.717) is 6.61 Å². The van der Waals surface area contributed by atoms with Gasteiger partial charge in [0.25, 0.3) is 0 Å². The molecule has 0 heterocycles. The lowest BCUT2D eigenvalue weighted by molar-refractivity contribution is 0.0746. The molecule has 0 spiro atoms. The van der Waals surface area contributed by atoms with E-state index in [0.717, 1.165) is 16.9 Å². The standard InChI is InChI=1S/C12H18O3/c1-12(2,13)11-6-5-10(15-4)7-9(11)8-14-3/h5-7,13H,8H2,1-4H3. The van der Waals surface area contributed by atoms with Crippen LogP contribution in [0, 0.1) is 0 Å². The Morgan fingerprint density at radius 3 is 2.40 bits per heavy atom. The fraction of sp³-hybridized carbons (Fsp3) is 0.500. The third-order valence-corrected chi connectivity index (χ3v) is 2.27. The molecular weight excluding hydrogens is 192 g/mol. The van der Waals surface area contributed by atoms with Gasteiger partial charge in [-0.05, 0) is 37.1 Å². The normalized spacial score (nSPS) is 11.5. The molecule has 1 aromatic carbocycles. The topological polar surface area (TPSA) is 38.7 Å². The number of benzene rings is 1.